The summed E-state index contributed by atoms with van der Waals surface area (Å²) in [4.78, 5) is 12.6. The third-order valence-electron chi connectivity index (χ3n) is 4.26. The molecule has 3 aromatic carbocycles. The highest BCUT2D eigenvalue weighted by Crippen LogP contribution is 2.35. The Kier molecular flexibility index (Phi) is 4.93. The molecule has 4 rings (SSSR count). The van der Waals surface area contributed by atoms with Crippen molar-refractivity contribution in [1.29, 1.82) is 0 Å². The molecule has 4 heteroatoms. The van der Waals surface area contributed by atoms with E-state index in [1.165, 1.54) is 5.39 Å². The van der Waals surface area contributed by atoms with Crippen LogP contribution in [0.15, 0.2) is 66.4 Å². The number of halogens is 1. The van der Waals surface area contributed by atoms with Gasteiger partial charge in [-0.15, -0.1) is 0 Å². The molecule has 0 fully saturated rings. The number of hydrogen-bond donors (Lipinski definition) is 0. The average Bonchev–Trinajstić information content (AvgIpc) is 2.97. The number of benzene rings is 3. The van der Waals surface area contributed by atoms with Crippen LogP contribution in [-0.4, -0.2) is 16.8 Å². The van der Waals surface area contributed by atoms with Crippen LogP contribution in [0.25, 0.3) is 16.8 Å². The van der Waals surface area contributed by atoms with Crippen molar-refractivity contribution in [2.45, 2.75) is 6.42 Å². The molecule has 1 heterocycles. The van der Waals surface area contributed by atoms with Crippen LogP contribution < -0.4 is 9.47 Å². The van der Waals surface area contributed by atoms with Crippen LogP contribution >= 0.6 is 22.6 Å². The molecule has 1 aliphatic heterocycles. The Bertz CT molecular complexity index is 1010. The molecule has 0 N–H and O–H groups in total. The molecule has 0 saturated carbocycles. The van der Waals surface area contributed by atoms with Gasteiger partial charge in [0.2, 0.25) is 5.78 Å². The molecule has 3 nitrogen and oxygen atoms in total. The number of Topliss-reactive ketones (excluding diaryl/α,β-unsaturated/α-hetero) is 1. The molecular formula is C22H17IO3. The molecule has 26 heavy (non-hydrogen) atoms. The maximum absolute atomic E-state index is 12.6. The summed E-state index contributed by atoms with van der Waals surface area (Å²) in [6, 6.07) is 19.6. The summed E-state index contributed by atoms with van der Waals surface area (Å²) >= 11 is 2.32. The van der Waals surface area contributed by atoms with Gasteiger partial charge in [0.1, 0.15) is 11.5 Å². The third-order valence-corrected chi connectivity index (χ3v) is 5.02. The van der Waals surface area contributed by atoms with Crippen LogP contribution in [0.4, 0.5) is 0 Å². The number of carbonyl (C=O) groups excluding carboxylic acids is 1. The number of allylic oxidation sites excluding steroid dienone is 1. The highest BCUT2D eigenvalue weighted by molar-refractivity contribution is 14.1. The van der Waals surface area contributed by atoms with E-state index in [2.05, 4.69) is 40.8 Å². The standard InChI is InChI=1S/C22H17IO3/c23-10-3-11-25-18-8-9-19-20(14-18)26-21(22(19)24)13-15-6-7-16-4-1-2-5-17(16)12-15/h1-2,4-9,12-14H,3,10-11H2/b21-13-. The van der Waals surface area contributed by atoms with Crippen molar-refractivity contribution in [2.24, 2.45) is 0 Å². The zero-order valence-electron chi connectivity index (χ0n) is 14.1. The molecule has 0 saturated heterocycles. The Morgan fingerprint density at radius 1 is 1.00 bits per heavy atom. The molecule has 1 aliphatic rings. The van der Waals surface area contributed by atoms with E-state index in [9.17, 15) is 4.79 Å². The van der Waals surface area contributed by atoms with E-state index in [-0.39, 0.29) is 5.78 Å². The van der Waals surface area contributed by atoms with Crippen LogP contribution in [-0.2, 0) is 0 Å². The Hall–Kier alpha value is -2.34. The molecule has 0 aromatic heterocycles. The number of ether oxygens (including phenoxy) is 2. The zero-order chi connectivity index (χ0) is 17.9. The summed E-state index contributed by atoms with van der Waals surface area (Å²) in [5, 5.41) is 2.31. The molecule has 0 amide bonds. The summed E-state index contributed by atoms with van der Waals surface area (Å²) in [5.74, 6) is 1.55. The largest absolute Gasteiger partial charge is 0.493 e. The smallest absolute Gasteiger partial charge is 0.231 e. The lowest BCUT2D eigenvalue weighted by Crippen LogP contribution is -1.98. The van der Waals surface area contributed by atoms with Gasteiger partial charge in [0.15, 0.2) is 5.76 Å². The van der Waals surface area contributed by atoms with E-state index in [1.807, 2.05) is 30.3 Å². The first-order valence-electron chi connectivity index (χ1n) is 8.50. The van der Waals surface area contributed by atoms with Crippen LogP contribution in [0.5, 0.6) is 11.5 Å². The van der Waals surface area contributed by atoms with Crippen LogP contribution in [0.1, 0.15) is 22.3 Å². The van der Waals surface area contributed by atoms with E-state index in [4.69, 9.17) is 9.47 Å². The molecule has 0 radical (unpaired) electrons. The molecule has 0 aliphatic carbocycles. The zero-order valence-corrected chi connectivity index (χ0v) is 16.2. The first-order chi connectivity index (χ1) is 12.7. The SMILES string of the molecule is O=C1/C(=C/c2ccc3ccccc3c2)Oc2cc(OCCCI)ccc21. The molecule has 0 unspecified atom stereocenters. The van der Waals surface area contributed by atoms with E-state index >= 15 is 0 Å². The number of rotatable bonds is 5. The van der Waals surface area contributed by atoms with Crippen LogP contribution in [0.3, 0.4) is 0 Å². The molecule has 3 aromatic rings. The second-order valence-electron chi connectivity index (χ2n) is 6.10. The minimum atomic E-state index is -0.0908. The van der Waals surface area contributed by atoms with Gasteiger partial charge in [-0.3, -0.25) is 4.79 Å². The lowest BCUT2D eigenvalue weighted by molar-refractivity contribution is 0.101. The van der Waals surface area contributed by atoms with Gasteiger partial charge in [0.05, 0.1) is 12.2 Å². The number of hydrogen-bond acceptors (Lipinski definition) is 3. The summed E-state index contributed by atoms with van der Waals surface area (Å²) in [6.45, 7) is 0.662. The number of carbonyl (C=O) groups is 1. The van der Waals surface area contributed by atoms with Gasteiger partial charge in [0.25, 0.3) is 0 Å². The first kappa shape index (κ1) is 17.1. The molecule has 0 bridgehead atoms. The van der Waals surface area contributed by atoms with E-state index in [1.54, 1.807) is 18.2 Å². The second kappa shape index (κ2) is 7.50. The lowest BCUT2D eigenvalue weighted by Gasteiger charge is -2.06. The minimum Gasteiger partial charge on any atom is -0.493 e. The first-order valence-corrected chi connectivity index (χ1v) is 10.0. The monoisotopic (exact) mass is 456 g/mol. The quantitative estimate of drug-likeness (QED) is 0.215. The van der Waals surface area contributed by atoms with E-state index in [0.29, 0.717) is 23.7 Å². The summed E-state index contributed by atoms with van der Waals surface area (Å²) in [7, 11) is 0. The van der Waals surface area contributed by atoms with Crippen molar-refractivity contribution in [1.82, 2.24) is 0 Å². The van der Waals surface area contributed by atoms with E-state index < -0.39 is 0 Å². The Morgan fingerprint density at radius 3 is 2.69 bits per heavy atom. The fourth-order valence-electron chi connectivity index (χ4n) is 2.95. The Morgan fingerprint density at radius 2 is 1.85 bits per heavy atom. The topological polar surface area (TPSA) is 35.5 Å². The van der Waals surface area contributed by atoms with Gasteiger partial charge in [-0.05, 0) is 47.0 Å². The maximum Gasteiger partial charge on any atom is 0.231 e. The highest BCUT2D eigenvalue weighted by atomic mass is 127. The normalized spacial score (nSPS) is 14.5. The molecule has 130 valence electrons. The highest BCUT2D eigenvalue weighted by Gasteiger charge is 2.27. The lowest BCUT2D eigenvalue weighted by atomic mass is 10.1. The fourth-order valence-corrected chi connectivity index (χ4v) is 3.26. The van der Waals surface area contributed by atoms with Crippen molar-refractivity contribution < 1.29 is 14.3 Å². The van der Waals surface area contributed by atoms with Crippen molar-refractivity contribution in [3.8, 4) is 11.5 Å². The van der Waals surface area contributed by atoms with Gasteiger partial charge in [-0.1, -0.05) is 59.0 Å². The number of alkyl halides is 1. The van der Waals surface area contributed by atoms with Crippen molar-refractivity contribution in [3.05, 3.63) is 77.5 Å². The Balaban J connectivity index is 1.59. The van der Waals surface area contributed by atoms with Gasteiger partial charge in [-0.2, -0.15) is 0 Å². The summed E-state index contributed by atoms with van der Waals surface area (Å²) < 4.78 is 12.6. The fraction of sp³-hybridized carbons (Fsp3) is 0.136. The predicted molar refractivity (Wildman–Crippen MR) is 112 cm³/mol. The predicted octanol–water partition coefficient (Wildman–Crippen LogP) is 5.66. The average molecular weight is 456 g/mol. The van der Waals surface area contributed by atoms with Gasteiger partial charge in [0, 0.05) is 10.5 Å². The summed E-state index contributed by atoms with van der Waals surface area (Å²) in [6.07, 6.45) is 2.79. The minimum absolute atomic E-state index is 0.0908. The van der Waals surface area contributed by atoms with E-state index in [0.717, 1.165) is 27.5 Å². The van der Waals surface area contributed by atoms with Crippen molar-refractivity contribution >= 4 is 45.2 Å². The van der Waals surface area contributed by atoms with Gasteiger partial charge in [-0.25, -0.2) is 0 Å². The Labute approximate surface area is 165 Å². The molecule has 0 atom stereocenters. The molecule has 0 spiro atoms. The van der Waals surface area contributed by atoms with Crippen LogP contribution in [0, 0.1) is 0 Å². The maximum atomic E-state index is 12.6. The third kappa shape index (κ3) is 3.46. The second-order valence-corrected chi connectivity index (χ2v) is 7.17. The van der Waals surface area contributed by atoms with Crippen molar-refractivity contribution in [3.63, 3.8) is 0 Å². The number of ketones is 1. The molecular weight excluding hydrogens is 439 g/mol. The summed E-state index contributed by atoms with van der Waals surface area (Å²) in [5.41, 5.74) is 1.52. The van der Waals surface area contributed by atoms with Gasteiger partial charge >= 0.3 is 0 Å². The van der Waals surface area contributed by atoms with Crippen LogP contribution in [0.2, 0.25) is 0 Å². The number of fused-ring (bicyclic) bond motifs is 2. The van der Waals surface area contributed by atoms with Crippen molar-refractivity contribution in [2.75, 3.05) is 11.0 Å². The van der Waals surface area contributed by atoms with Gasteiger partial charge < -0.3 is 9.47 Å².